The van der Waals surface area contributed by atoms with Crippen molar-refractivity contribution in [2.75, 3.05) is 12.3 Å². The Kier molecular flexibility index (Phi) is 6.31. The number of hydrogen-bond donors (Lipinski definition) is 2. The fourth-order valence-electron chi connectivity index (χ4n) is 1.83. The number of unbranched alkanes of at least 4 members (excludes halogenated alkanes) is 1. The quantitative estimate of drug-likeness (QED) is 0.569. The van der Waals surface area contributed by atoms with Crippen LogP contribution in [0.1, 0.15) is 38.7 Å². The summed E-state index contributed by atoms with van der Waals surface area (Å²) in [6.45, 7) is 4.84. The molecule has 0 bridgehead atoms. The van der Waals surface area contributed by atoms with Crippen molar-refractivity contribution in [1.29, 1.82) is 0 Å². The van der Waals surface area contributed by atoms with Gasteiger partial charge in [0.2, 0.25) is 10.0 Å². The summed E-state index contributed by atoms with van der Waals surface area (Å²) in [5.74, 6) is 0.616. The third-order valence-corrected chi connectivity index (χ3v) is 4.27. The molecule has 4 nitrogen and oxygen atoms in total. The second kappa shape index (κ2) is 7.50. The molecule has 0 atom stereocenters. The first kappa shape index (κ1) is 16.0. The molecule has 0 aromatic heterocycles. The van der Waals surface area contributed by atoms with E-state index in [0.717, 1.165) is 19.3 Å². The molecule has 0 aliphatic rings. The predicted molar refractivity (Wildman–Crippen MR) is 80.2 cm³/mol. The Morgan fingerprint density at radius 1 is 1.21 bits per heavy atom. The summed E-state index contributed by atoms with van der Waals surface area (Å²) in [7, 11) is -3.29. The second-order valence-electron chi connectivity index (χ2n) is 5.24. The maximum absolute atomic E-state index is 11.9. The highest BCUT2D eigenvalue weighted by Crippen LogP contribution is 2.13. The molecule has 0 spiro atoms. The van der Waals surface area contributed by atoms with Gasteiger partial charge in [0.25, 0.3) is 0 Å². The first-order valence-corrected chi connectivity index (χ1v) is 8.36. The first-order chi connectivity index (χ1) is 8.91. The van der Waals surface area contributed by atoms with Gasteiger partial charge < -0.3 is 5.73 Å². The topological polar surface area (TPSA) is 72.2 Å². The molecule has 19 heavy (non-hydrogen) atoms. The summed E-state index contributed by atoms with van der Waals surface area (Å²) in [4.78, 5) is 0. The van der Waals surface area contributed by atoms with Crippen molar-refractivity contribution in [2.45, 2.75) is 38.9 Å². The molecule has 1 rings (SSSR count). The number of sulfonamides is 1. The van der Waals surface area contributed by atoms with Gasteiger partial charge in [-0.2, -0.15) is 0 Å². The van der Waals surface area contributed by atoms with Gasteiger partial charge >= 0.3 is 0 Å². The molecule has 108 valence electrons. The average Bonchev–Trinajstić information content (AvgIpc) is 2.31. The molecular weight excluding hydrogens is 260 g/mol. The smallest absolute Gasteiger partial charge is 0.215 e. The highest BCUT2D eigenvalue weighted by atomic mass is 32.2. The summed E-state index contributed by atoms with van der Waals surface area (Å²) >= 11 is 0. The van der Waals surface area contributed by atoms with Crippen LogP contribution in [0.3, 0.4) is 0 Å². The van der Waals surface area contributed by atoms with E-state index in [4.69, 9.17) is 5.73 Å². The van der Waals surface area contributed by atoms with Crippen molar-refractivity contribution < 1.29 is 8.42 Å². The minimum Gasteiger partial charge on any atom is -0.398 e. The molecule has 0 saturated heterocycles. The van der Waals surface area contributed by atoms with Gasteiger partial charge in [0.15, 0.2) is 0 Å². The molecule has 0 amide bonds. The Hall–Kier alpha value is -1.07. The Balaban J connectivity index is 2.38. The number of benzene rings is 1. The molecule has 3 N–H and O–H groups in total. The summed E-state index contributed by atoms with van der Waals surface area (Å²) in [5.41, 5.74) is 6.92. The maximum Gasteiger partial charge on any atom is 0.215 e. The fourth-order valence-corrected chi connectivity index (χ4v) is 3.06. The van der Waals surface area contributed by atoms with Crippen molar-refractivity contribution in [1.82, 2.24) is 4.72 Å². The third-order valence-electron chi connectivity index (χ3n) is 2.93. The number of para-hydroxylation sites is 1. The molecule has 0 aliphatic heterocycles. The lowest BCUT2D eigenvalue weighted by atomic mass is 10.1. The lowest BCUT2D eigenvalue weighted by Gasteiger charge is -2.09. The van der Waals surface area contributed by atoms with E-state index in [2.05, 4.69) is 18.6 Å². The molecule has 0 heterocycles. The molecular formula is C14H24N2O2S. The van der Waals surface area contributed by atoms with E-state index in [1.54, 1.807) is 24.3 Å². The van der Waals surface area contributed by atoms with Gasteiger partial charge in [-0.25, -0.2) is 13.1 Å². The van der Waals surface area contributed by atoms with Crippen LogP contribution in [0, 0.1) is 5.92 Å². The maximum atomic E-state index is 11.9. The van der Waals surface area contributed by atoms with Crippen molar-refractivity contribution in [2.24, 2.45) is 5.92 Å². The van der Waals surface area contributed by atoms with Crippen molar-refractivity contribution in [3.05, 3.63) is 29.8 Å². The Morgan fingerprint density at radius 3 is 2.53 bits per heavy atom. The molecule has 1 aromatic rings. The predicted octanol–water partition coefficient (Wildman–Crippen LogP) is 2.51. The number of nitrogens with two attached hydrogens (primary N) is 1. The Labute approximate surface area is 116 Å². The van der Waals surface area contributed by atoms with Crippen LogP contribution in [-0.4, -0.2) is 15.0 Å². The summed E-state index contributed by atoms with van der Waals surface area (Å²) in [6.07, 6.45) is 3.06. The van der Waals surface area contributed by atoms with E-state index in [0.29, 0.717) is 23.7 Å². The molecule has 1 aromatic carbocycles. The van der Waals surface area contributed by atoms with Gasteiger partial charge in [0.05, 0.1) is 5.75 Å². The van der Waals surface area contributed by atoms with E-state index in [-0.39, 0.29) is 5.75 Å². The van der Waals surface area contributed by atoms with Crippen molar-refractivity contribution in [3.63, 3.8) is 0 Å². The lowest BCUT2D eigenvalue weighted by Crippen LogP contribution is -2.26. The summed E-state index contributed by atoms with van der Waals surface area (Å²) in [5, 5.41) is 0. The van der Waals surface area contributed by atoms with E-state index in [1.165, 1.54) is 0 Å². The van der Waals surface area contributed by atoms with Crippen LogP contribution in [0.2, 0.25) is 0 Å². The summed E-state index contributed by atoms with van der Waals surface area (Å²) in [6, 6.07) is 7.05. The fraction of sp³-hybridized carbons (Fsp3) is 0.571. The lowest BCUT2D eigenvalue weighted by molar-refractivity contribution is 0.530. The van der Waals surface area contributed by atoms with E-state index >= 15 is 0 Å². The zero-order chi connectivity index (χ0) is 14.3. The molecule has 5 heteroatoms. The summed E-state index contributed by atoms with van der Waals surface area (Å²) < 4.78 is 26.4. The Morgan fingerprint density at radius 2 is 1.89 bits per heavy atom. The average molecular weight is 284 g/mol. The largest absolute Gasteiger partial charge is 0.398 e. The van der Waals surface area contributed by atoms with Gasteiger partial charge in [-0.3, -0.25) is 0 Å². The molecule has 0 saturated carbocycles. The number of rotatable bonds is 8. The zero-order valence-corrected chi connectivity index (χ0v) is 12.5. The standard InChI is InChI=1S/C14H24N2O2S/c1-12(2)7-5-6-10-16-19(17,18)11-13-8-3-4-9-14(13)15/h3-4,8-9,12,16H,5-7,10-11,15H2,1-2H3. The SMILES string of the molecule is CC(C)CCCCNS(=O)(=O)Cc1ccccc1N. The number of nitrogens with one attached hydrogen (secondary N) is 1. The minimum atomic E-state index is -3.29. The van der Waals surface area contributed by atoms with Crippen LogP contribution >= 0.6 is 0 Å². The van der Waals surface area contributed by atoms with Gasteiger partial charge in [-0.05, 0) is 24.0 Å². The highest BCUT2D eigenvalue weighted by molar-refractivity contribution is 7.88. The number of hydrogen-bond acceptors (Lipinski definition) is 3. The number of nitrogen functional groups attached to an aromatic ring is 1. The van der Waals surface area contributed by atoms with Gasteiger partial charge in [-0.15, -0.1) is 0 Å². The van der Waals surface area contributed by atoms with Crippen molar-refractivity contribution >= 4 is 15.7 Å². The molecule has 0 radical (unpaired) electrons. The van der Waals surface area contributed by atoms with Crippen molar-refractivity contribution in [3.8, 4) is 0 Å². The van der Waals surface area contributed by atoms with Crippen LogP contribution in [0.4, 0.5) is 5.69 Å². The molecule has 0 unspecified atom stereocenters. The highest BCUT2D eigenvalue weighted by Gasteiger charge is 2.12. The number of anilines is 1. The van der Waals surface area contributed by atoms with Gasteiger partial charge in [0, 0.05) is 12.2 Å². The second-order valence-corrected chi connectivity index (χ2v) is 7.05. The van der Waals surface area contributed by atoms with Crippen LogP contribution in [-0.2, 0) is 15.8 Å². The van der Waals surface area contributed by atoms with Crippen LogP contribution in [0.5, 0.6) is 0 Å². The Bertz CT molecular complexity index is 484. The normalized spacial score (nSPS) is 11.9. The van der Waals surface area contributed by atoms with Gasteiger partial charge in [-0.1, -0.05) is 44.9 Å². The molecule has 0 fully saturated rings. The zero-order valence-electron chi connectivity index (χ0n) is 11.7. The van der Waals surface area contributed by atoms with Crippen LogP contribution in [0.15, 0.2) is 24.3 Å². The van der Waals surface area contributed by atoms with E-state index < -0.39 is 10.0 Å². The first-order valence-electron chi connectivity index (χ1n) is 6.71. The van der Waals surface area contributed by atoms with Gasteiger partial charge in [0.1, 0.15) is 0 Å². The van der Waals surface area contributed by atoms with E-state index in [9.17, 15) is 8.42 Å². The van der Waals surface area contributed by atoms with Crippen LogP contribution < -0.4 is 10.5 Å². The van der Waals surface area contributed by atoms with Crippen LogP contribution in [0.25, 0.3) is 0 Å². The third kappa shape index (κ3) is 6.59. The van der Waals surface area contributed by atoms with E-state index in [1.807, 2.05) is 0 Å². The monoisotopic (exact) mass is 284 g/mol. The molecule has 0 aliphatic carbocycles. The minimum absolute atomic E-state index is 0.0517.